The van der Waals surface area contributed by atoms with Gasteiger partial charge in [0.1, 0.15) is 11.5 Å². The highest BCUT2D eigenvalue weighted by atomic mass is 32.2. The number of para-hydroxylation sites is 1. The molecule has 0 aromatic heterocycles. The summed E-state index contributed by atoms with van der Waals surface area (Å²) in [6.07, 6.45) is 0. The molecule has 0 amide bonds. The van der Waals surface area contributed by atoms with Gasteiger partial charge in [0.15, 0.2) is 0 Å². The lowest BCUT2D eigenvalue weighted by Gasteiger charge is -2.38. The van der Waals surface area contributed by atoms with Crippen LogP contribution in [0.2, 0.25) is 0 Å². The minimum absolute atomic E-state index is 0.155. The third-order valence-electron chi connectivity index (χ3n) is 6.47. The Morgan fingerprint density at radius 1 is 0.583 bits per heavy atom. The topological polar surface area (TPSA) is 29.5 Å². The first-order chi connectivity index (χ1) is 17.7. The molecule has 0 saturated heterocycles. The van der Waals surface area contributed by atoms with E-state index in [4.69, 9.17) is 4.74 Å². The summed E-state index contributed by atoms with van der Waals surface area (Å²) in [5, 5.41) is 10.9. The van der Waals surface area contributed by atoms with Crippen molar-refractivity contribution in [2.75, 3.05) is 7.11 Å². The summed E-state index contributed by atoms with van der Waals surface area (Å²) in [7, 11) is 1.68. The number of phenols is 1. The van der Waals surface area contributed by atoms with E-state index in [-0.39, 0.29) is 11.0 Å². The molecule has 0 spiro atoms. The largest absolute Gasteiger partial charge is 0.508 e. The summed E-state index contributed by atoms with van der Waals surface area (Å²) in [5.74, 6) is 1.09. The molecule has 178 valence electrons. The molecule has 36 heavy (non-hydrogen) atoms. The van der Waals surface area contributed by atoms with Gasteiger partial charge in [0.05, 0.1) is 17.1 Å². The molecule has 2 nitrogen and oxygen atoms in total. The van der Waals surface area contributed by atoms with Gasteiger partial charge in [-0.1, -0.05) is 121 Å². The minimum atomic E-state index is -0.531. The Morgan fingerprint density at radius 3 is 1.47 bits per heavy atom. The van der Waals surface area contributed by atoms with Crippen LogP contribution in [0.25, 0.3) is 0 Å². The van der Waals surface area contributed by atoms with Crippen molar-refractivity contribution in [2.45, 2.75) is 10.00 Å². The maximum atomic E-state index is 11.0. The molecule has 3 heteroatoms. The minimum Gasteiger partial charge on any atom is -0.508 e. The van der Waals surface area contributed by atoms with E-state index in [2.05, 4.69) is 103 Å². The van der Waals surface area contributed by atoms with Crippen LogP contribution in [-0.2, 0) is 4.75 Å². The molecule has 0 unspecified atom stereocenters. The van der Waals surface area contributed by atoms with E-state index in [1.165, 1.54) is 16.7 Å². The number of hydrogen-bond donors (Lipinski definition) is 1. The second kappa shape index (κ2) is 10.8. The summed E-state index contributed by atoms with van der Waals surface area (Å²) in [5.41, 5.74) is 5.51. The van der Waals surface area contributed by atoms with Gasteiger partial charge >= 0.3 is 0 Å². The third-order valence-corrected chi connectivity index (χ3v) is 8.30. The van der Waals surface area contributed by atoms with E-state index in [1.807, 2.05) is 42.1 Å². The van der Waals surface area contributed by atoms with Crippen LogP contribution in [0.15, 0.2) is 140 Å². The molecule has 0 aliphatic rings. The first-order valence-electron chi connectivity index (χ1n) is 12.0. The smallest absolute Gasteiger partial charge is 0.120 e. The van der Waals surface area contributed by atoms with Crippen LogP contribution in [-0.4, -0.2) is 12.2 Å². The molecule has 0 radical (unpaired) electrons. The monoisotopic (exact) mass is 488 g/mol. The molecule has 0 saturated carbocycles. The first kappa shape index (κ1) is 23.8. The average Bonchev–Trinajstić information content (AvgIpc) is 2.96. The second-order valence-electron chi connectivity index (χ2n) is 8.61. The SMILES string of the molecule is COc1ccc([C@@H](SC(c2ccccc2)(c2ccccc2)c2ccccc2)c2ccccc2O)cc1. The highest BCUT2D eigenvalue weighted by Crippen LogP contribution is 2.56. The highest BCUT2D eigenvalue weighted by molar-refractivity contribution is 8.01. The number of rotatable bonds is 8. The second-order valence-corrected chi connectivity index (χ2v) is 9.93. The lowest BCUT2D eigenvalue weighted by molar-refractivity contribution is 0.414. The Bertz CT molecular complexity index is 1290. The molecular weight excluding hydrogens is 460 g/mol. The molecule has 0 heterocycles. The van der Waals surface area contributed by atoms with Gasteiger partial charge in [-0.3, -0.25) is 0 Å². The number of hydrogen-bond acceptors (Lipinski definition) is 3. The highest BCUT2D eigenvalue weighted by Gasteiger charge is 2.40. The van der Waals surface area contributed by atoms with Gasteiger partial charge in [0.2, 0.25) is 0 Å². The van der Waals surface area contributed by atoms with Crippen molar-refractivity contribution in [3.8, 4) is 11.5 Å². The Morgan fingerprint density at radius 2 is 1.03 bits per heavy atom. The number of phenolic OH excluding ortho intramolecular Hbond substituents is 1. The van der Waals surface area contributed by atoms with Gasteiger partial charge in [-0.25, -0.2) is 0 Å². The standard InChI is InChI=1S/C33H28O2S/c1-35-29-23-21-25(22-24-29)32(30-19-11-12-20-31(30)34)36-33(26-13-5-2-6-14-26,27-15-7-3-8-16-27)28-17-9-4-10-18-28/h2-24,32,34H,1H3/t32-/m1/s1. The van der Waals surface area contributed by atoms with Crippen LogP contribution in [0.1, 0.15) is 33.1 Å². The van der Waals surface area contributed by atoms with Crippen molar-refractivity contribution in [3.05, 3.63) is 167 Å². The molecule has 5 aromatic carbocycles. The van der Waals surface area contributed by atoms with Crippen LogP contribution in [0.5, 0.6) is 11.5 Å². The fourth-order valence-electron chi connectivity index (χ4n) is 4.70. The van der Waals surface area contributed by atoms with Crippen molar-refractivity contribution >= 4 is 11.8 Å². The molecule has 5 aromatic rings. The maximum absolute atomic E-state index is 11.0. The van der Waals surface area contributed by atoms with Crippen LogP contribution >= 0.6 is 11.8 Å². The number of ether oxygens (including phenoxy) is 1. The number of thioether (sulfide) groups is 1. The van der Waals surface area contributed by atoms with Crippen LogP contribution < -0.4 is 4.74 Å². The fraction of sp³-hybridized carbons (Fsp3) is 0.0909. The quantitative estimate of drug-likeness (QED) is 0.223. The van der Waals surface area contributed by atoms with E-state index in [0.29, 0.717) is 0 Å². The summed E-state index contributed by atoms with van der Waals surface area (Å²) in [6.45, 7) is 0. The molecule has 5 rings (SSSR count). The average molecular weight is 489 g/mol. The van der Waals surface area contributed by atoms with Gasteiger partial charge in [0.25, 0.3) is 0 Å². The molecule has 1 atom stereocenters. The Labute approximate surface area is 217 Å². The lowest BCUT2D eigenvalue weighted by Crippen LogP contribution is -2.27. The van der Waals surface area contributed by atoms with E-state index >= 15 is 0 Å². The predicted molar refractivity (Wildman–Crippen MR) is 150 cm³/mol. The lowest BCUT2D eigenvalue weighted by atomic mass is 9.84. The molecular formula is C33H28O2S. The predicted octanol–water partition coefficient (Wildman–Crippen LogP) is 8.22. The summed E-state index contributed by atoms with van der Waals surface area (Å²) in [6, 6.07) is 47.7. The first-order valence-corrected chi connectivity index (χ1v) is 12.9. The van der Waals surface area contributed by atoms with Crippen molar-refractivity contribution in [1.82, 2.24) is 0 Å². The molecule has 0 fully saturated rings. The number of benzene rings is 5. The molecule has 0 aliphatic heterocycles. The van der Waals surface area contributed by atoms with Gasteiger partial charge in [-0.05, 0) is 40.5 Å². The van der Waals surface area contributed by atoms with E-state index in [9.17, 15) is 5.11 Å². The van der Waals surface area contributed by atoms with Crippen molar-refractivity contribution in [3.63, 3.8) is 0 Å². The van der Waals surface area contributed by atoms with E-state index in [1.54, 1.807) is 13.2 Å². The van der Waals surface area contributed by atoms with Gasteiger partial charge in [0, 0.05) is 5.56 Å². The summed E-state index contributed by atoms with van der Waals surface area (Å²) < 4.78 is 4.90. The number of methoxy groups -OCH3 is 1. The van der Waals surface area contributed by atoms with Crippen LogP contribution in [0.3, 0.4) is 0 Å². The molecule has 0 bridgehead atoms. The van der Waals surface area contributed by atoms with Gasteiger partial charge in [-0.2, -0.15) is 0 Å². The summed E-state index contributed by atoms with van der Waals surface area (Å²) >= 11 is 1.83. The Balaban J connectivity index is 1.78. The maximum Gasteiger partial charge on any atom is 0.120 e. The van der Waals surface area contributed by atoms with Crippen molar-refractivity contribution in [1.29, 1.82) is 0 Å². The Kier molecular flexibility index (Phi) is 7.11. The fourth-order valence-corrected chi connectivity index (χ4v) is 6.49. The molecule has 0 aliphatic carbocycles. The van der Waals surface area contributed by atoms with Gasteiger partial charge < -0.3 is 9.84 Å². The van der Waals surface area contributed by atoms with Crippen LogP contribution in [0.4, 0.5) is 0 Å². The van der Waals surface area contributed by atoms with Crippen molar-refractivity contribution in [2.24, 2.45) is 0 Å². The van der Waals surface area contributed by atoms with E-state index < -0.39 is 4.75 Å². The zero-order valence-corrected chi connectivity index (χ0v) is 20.9. The van der Waals surface area contributed by atoms with E-state index in [0.717, 1.165) is 16.9 Å². The molecule has 1 N–H and O–H groups in total. The Hall–Kier alpha value is -3.95. The van der Waals surface area contributed by atoms with Crippen molar-refractivity contribution < 1.29 is 9.84 Å². The normalized spacial score (nSPS) is 12.1. The number of aromatic hydroxyl groups is 1. The van der Waals surface area contributed by atoms with Gasteiger partial charge in [-0.15, -0.1) is 11.8 Å². The zero-order valence-electron chi connectivity index (χ0n) is 20.1. The zero-order chi connectivity index (χ0) is 24.8. The third kappa shape index (κ3) is 4.62. The summed E-state index contributed by atoms with van der Waals surface area (Å²) in [4.78, 5) is 0. The van der Waals surface area contributed by atoms with Crippen LogP contribution in [0, 0.1) is 0 Å².